The lowest BCUT2D eigenvalue weighted by molar-refractivity contribution is 0.361. The number of nitrogens with one attached hydrogen (secondary N) is 1. The topological polar surface area (TPSA) is 34.4 Å². The van der Waals surface area contributed by atoms with Crippen LogP contribution >= 0.6 is 15.9 Å². The Hall–Kier alpha value is -1.70. The Morgan fingerprint density at radius 3 is 2.86 bits per heavy atom. The normalized spacial score (nSPS) is 11.9. The number of benzene rings is 1. The zero-order valence-corrected chi connectivity index (χ0v) is 13.7. The van der Waals surface area contributed by atoms with Crippen LogP contribution in [0.5, 0.6) is 5.75 Å². The summed E-state index contributed by atoms with van der Waals surface area (Å²) in [5.41, 5.74) is 1.05. The summed E-state index contributed by atoms with van der Waals surface area (Å²) in [6.45, 7) is 4.94. The SMILES string of the molecule is C#CCOc1ccc(Br)cc1CNC(C)c1ccc(C)o1. The molecule has 1 aromatic heterocycles. The smallest absolute Gasteiger partial charge is 0.148 e. The van der Waals surface area contributed by atoms with Crippen molar-refractivity contribution in [2.24, 2.45) is 0 Å². The molecule has 0 aliphatic carbocycles. The van der Waals surface area contributed by atoms with Crippen LogP contribution < -0.4 is 10.1 Å². The second-order valence-electron chi connectivity index (χ2n) is 4.80. The molecule has 0 radical (unpaired) electrons. The van der Waals surface area contributed by atoms with E-state index in [0.717, 1.165) is 27.3 Å². The molecule has 2 rings (SSSR count). The third kappa shape index (κ3) is 4.38. The predicted octanol–water partition coefficient (Wildman–Crippen LogP) is 4.21. The largest absolute Gasteiger partial charge is 0.481 e. The lowest BCUT2D eigenvalue weighted by Crippen LogP contribution is -2.18. The number of ether oxygens (including phenoxy) is 1. The number of rotatable bonds is 6. The first kappa shape index (κ1) is 15.7. The maximum atomic E-state index is 5.62. The molecule has 0 saturated heterocycles. The number of hydrogen-bond donors (Lipinski definition) is 1. The van der Waals surface area contributed by atoms with Gasteiger partial charge in [-0.3, -0.25) is 0 Å². The number of halogens is 1. The van der Waals surface area contributed by atoms with E-state index in [4.69, 9.17) is 15.6 Å². The van der Waals surface area contributed by atoms with Crippen LogP contribution in [0.2, 0.25) is 0 Å². The summed E-state index contributed by atoms with van der Waals surface area (Å²) in [7, 11) is 0. The Bertz CT molecular complexity index is 642. The lowest BCUT2D eigenvalue weighted by atomic mass is 10.1. The molecule has 1 heterocycles. The summed E-state index contributed by atoms with van der Waals surface area (Å²) in [5, 5.41) is 3.43. The molecule has 1 N–H and O–H groups in total. The summed E-state index contributed by atoms with van der Waals surface area (Å²) >= 11 is 3.48. The zero-order valence-electron chi connectivity index (χ0n) is 12.2. The summed E-state index contributed by atoms with van der Waals surface area (Å²) < 4.78 is 12.2. The average molecular weight is 348 g/mol. The Morgan fingerprint density at radius 2 is 2.19 bits per heavy atom. The van der Waals surface area contributed by atoms with Crippen molar-refractivity contribution >= 4 is 15.9 Å². The van der Waals surface area contributed by atoms with Gasteiger partial charge in [0.15, 0.2) is 0 Å². The maximum Gasteiger partial charge on any atom is 0.148 e. The van der Waals surface area contributed by atoms with Crippen LogP contribution in [0.4, 0.5) is 0 Å². The van der Waals surface area contributed by atoms with E-state index in [-0.39, 0.29) is 12.6 Å². The minimum absolute atomic E-state index is 0.123. The molecule has 3 nitrogen and oxygen atoms in total. The Labute approximate surface area is 133 Å². The fourth-order valence-corrected chi connectivity index (χ4v) is 2.40. The molecule has 1 unspecified atom stereocenters. The molecule has 0 spiro atoms. The molecule has 4 heteroatoms. The van der Waals surface area contributed by atoms with Crippen LogP contribution in [-0.2, 0) is 6.54 Å². The van der Waals surface area contributed by atoms with Gasteiger partial charge in [-0.2, -0.15) is 0 Å². The molecular weight excluding hydrogens is 330 g/mol. The first-order valence-corrected chi connectivity index (χ1v) is 7.54. The first-order valence-electron chi connectivity index (χ1n) is 6.74. The maximum absolute atomic E-state index is 5.62. The van der Waals surface area contributed by atoms with Gasteiger partial charge in [-0.15, -0.1) is 6.42 Å². The molecule has 0 fully saturated rings. The van der Waals surface area contributed by atoms with Crippen LogP contribution in [0.3, 0.4) is 0 Å². The summed E-state index contributed by atoms with van der Waals surface area (Å²) in [6, 6.07) is 9.96. The number of hydrogen-bond acceptors (Lipinski definition) is 3. The summed E-state index contributed by atoms with van der Waals surface area (Å²) in [6.07, 6.45) is 5.24. The minimum Gasteiger partial charge on any atom is -0.481 e. The highest BCUT2D eigenvalue weighted by Crippen LogP contribution is 2.24. The summed E-state index contributed by atoms with van der Waals surface area (Å²) in [4.78, 5) is 0. The van der Waals surface area contributed by atoms with E-state index in [1.165, 1.54) is 0 Å². The van der Waals surface area contributed by atoms with Crippen molar-refractivity contribution < 1.29 is 9.15 Å². The molecule has 0 aliphatic heterocycles. The van der Waals surface area contributed by atoms with Gasteiger partial charge in [-0.25, -0.2) is 0 Å². The molecule has 1 atom stereocenters. The van der Waals surface area contributed by atoms with Gasteiger partial charge in [0.2, 0.25) is 0 Å². The highest BCUT2D eigenvalue weighted by molar-refractivity contribution is 9.10. The van der Waals surface area contributed by atoms with Gasteiger partial charge in [-0.05, 0) is 44.2 Å². The van der Waals surface area contributed by atoms with Crippen molar-refractivity contribution in [3.05, 3.63) is 51.9 Å². The molecule has 2 aromatic rings. The highest BCUT2D eigenvalue weighted by atomic mass is 79.9. The monoisotopic (exact) mass is 347 g/mol. The van der Waals surface area contributed by atoms with Gasteiger partial charge in [0.25, 0.3) is 0 Å². The molecule has 110 valence electrons. The molecule has 1 aromatic carbocycles. The number of terminal acetylenes is 1. The van der Waals surface area contributed by atoms with Gasteiger partial charge in [0.1, 0.15) is 23.9 Å². The second kappa shape index (κ2) is 7.35. The van der Waals surface area contributed by atoms with Crippen molar-refractivity contribution in [1.82, 2.24) is 5.32 Å². The van der Waals surface area contributed by atoms with Gasteiger partial charge in [0, 0.05) is 16.6 Å². The van der Waals surface area contributed by atoms with Gasteiger partial charge in [0.05, 0.1) is 6.04 Å². The van der Waals surface area contributed by atoms with Crippen molar-refractivity contribution in [2.45, 2.75) is 26.4 Å². The molecule has 0 bridgehead atoms. The van der Waals surface area contributed by atoms with Crippen molar-refractivity contribution in [2.75, 3.05) is 6.61 Å². The van der Waals surface area contributed by atoms with E-state index in [1.54, 1.807) is 0 Å². The van der Waals surface area contributed by atoms with Gasteiger partial charge >= 0.3 is 0 Å². The van der Waals surface area contributed by atoms with Crippen LogP contribution in [0.15, 0.2) is 39.2 Å². The highest BCUT2D eigenvalue weighted by Gasteiger charge is 2.11. The van der Waals surface area contributed by atoms with E-state index < -0.39 is 0 Å². The fourth-order valence-electron chi connectivity index (χ4n) is 2.00. The van der Waals surface area contributed by atoms with Crippen LogP contribution in [0.1, 0.15) is 30.0 Å². The predicted molar refractivity (Wildman–Crippen MR) is 87.2 cm³/mol. The molecule has 0 saturated carbocycles. The zero-order chi connectivity index (χ0) is 15.2. The quantitative estimate of drug-likeness (QED) is 0.794. The molecular formula is C17H18BrNO2. The van der Waals surface area contributed by atoms with Crippen LogP contribution in [-0.4, -0.2) is 6.61 Å². The second-order valence-corrected chi connectivity index (χ2v) is 5.71. The lowest BCUT2D eigenvalue weighted by Gasteiger charge is -2.14. The Morgan fingerprint density at radius 1 is 1.38 bits per heavy atom. The fraction of sp³-hybridized carbons (Fsp3) is 0.294. The average Bonchev–Trinajstić information content (AvgIpc) is 2.90. The third-order valence-electron chi connectivity index (χ3n) is 3.12. The molecule has 21 heavy (non-hydrogen) atoms. The van der Waals surface area contributed by atoms with Crippen LogP contribution in [0.25, 0.3) is 0 Å². The molecule has 0 amide bonds. The van der Waals surface area contributed by atoms with Crippen molar-refractivity contribution in [1.29, 1.82) is 0 Å². The van der Waals surface area contributed by atoms with E-state index in [2.05, 4.69) is 34.1 Å². The van der Waals surface area contributed by atoms with Gasteiger partial charge < -0.3 is 14.5 Å². The Balaban J connectivity index is 2.04. The Kier molecular flexibility index (Phi) is 5.49. The third-order valence-corrected chi connectivity index (χ3v) is 3.61. The van der Waals surface area contributed by atoms with Crippen LogP contribution in [0, 0.1) is 19.3 Å². The standard InChI is InChI=1S/C17H18BrNO2/c1-4-9-20-17-8-6-15(18)10-14(17)11-19-13(3)16-7-5-12(2)21-16/h1,5-8,10,13,19H,9,11H2,2-3H3. The summed E-state index contributed by atoms with van der Waals surface area (Å²) in [5.74, 6) is 5.12. The first-order chi connectivity index (χ1) is 10.1. The number of furan rings is 1. The molecule has 0 aliphatic rings. The van der Waals surface area contributed by atoms with Gasteiger partial charge in [-0.1, -0.05) is 21.9 Å². The van der Waals surface area contributed by atoms with Crippen molar-refractivity contribution in [3.63, 3.8) is 0 Å². The van der Waals surface area contributed by atoms with E-state index in [0.29, 0.717) is 6.54 Å². The van der Waals surface area contributed by atoms with Crippen molar-refractivity contribution in [3.8, 4) is 18.1 Å². The van der Waals surface area contributed by atoms with E-state index >= 15 is 0 Å². The number of aryl methyl sites for hydroxylation is 1. The van der Waals surface area contributed by atoms with E-state index in [9.17, 15) is 0 Å². The minimum atomic E-state index is 0.123. The van der Waals surface area contributed by atoms with E-state index in [1.807, 2.05) is 37.3 Å².